The molecule has 0 spiro atoms. The summed E-state index contributed by atoms with van der Waals surface area (Å²) in [5.74, 6) is -2.23. The Kier molecular flexibility index (Phi) is 7.47. The van der Waals surface area contributed by atoms with E-state index in [0.29, 0.717) is 12.8 Å². The molecule has 2 aromatic rings. The van der Waals surface area contributed by atoms with Crippen molar-refractivity contribution in [2.75, 3.05) is 13.2 Å². The number of carbonyl (C=O) groups is 3. The molecule has 34 heavy (non-hydrogen) atoms. The third-order valence-corrected chi connectivity index (χ3v) is 6.78. The lowest BCUT2D eigenvalue weighted by molar-refractivity contribution is -0.143. The zero-order valence-electron chi connectivity index (χ0n) is 18.9. The molecule has 0 aliphatic heterocycles. The van der Waals surface area contributed by atoms with E-state index in [-0.39, 0.29) is 25.6 Å². The van der Waals surface area contributed by atoms with E-state index in [1.54, 1.807) is 0 Å². The van der Waals surface area contributed by atoms with Crippen LogP contribution in [0.25, 0.3) is 11.1 Å². The summed E-state index contributed by atoms with van der Waals surface area (Å²) in [4.78, 5) is 36.8. The topological polar surface area (TPSA) is 125 Å². The number of carboxylic acids is 1. The molecule has 1 saturated carbocycles. The Morgan fingerprint density at radius 1 is 0.971 bits per heavy atom. The Morgan fingerprint density at radius 3 is 2.21 bits per heavy atom. The first-order valence-corrected chi connectivity index (χ1v) is 11.7. The molecule has 0 aromatic heterocycles. The standard InChI is InChI=1S/C26H30N2O6/c29-14-13-23(25(31)32)27-24(30)20-11-5-6-12-22(20)28-26(33)34-15-21-18-9-3-1-7-16(18)17-8-2-4-10-19(17)21/h1-4,7-10,20-23,29H,5-6,11-15H2,(H,27,30)(H,28,33)(H,31,32)/t20-,22+,23?/m1/s1. The number of rotatable bonds is 8. The van der Waals surface area contributed by atoms with Crippen LogP contribution < -0.4 is 10.6 Å². The van der Waals surface area contributed by atoms with Gasteiger partial charge in [0.2, 0.25) is 5.91 Å². The molecular weight excluding hydrogens is 436 g/mol. The average molecular weight is 467 g/mol. The van der Waals surface area contributed by atoms with Crippen LogP contribution in [0.15, 0.2) is 48.5 Å². The number of hydrogen-bond donors (Lipinski definition) is 4. The van der Waals surface area contributed by atoms with Crippen LogP contribution in [0, 0.1) is 5.92 Å². The largest absolute Gasteiger partial charge is 0.480 e. The number of fused-ring (bicyclic) bond motifs is 3. The van der Waals surface area contributed by atoms with Gasteiger partial charge >= 0.3 is 12.1 Å². The normalized spacial score (nSPS) is 20.0. The van der Waals surface area contributed by atoms with Crippen molar-refractivity contribution in [1.29, 1.82) is 0 Å². The fourth-order valence-electron chi connectivity index (χ4n) is 5.07. The van der Waals surface area contributed by atoms with Gasteiger partial charge in [0.05, 0.1) is 5.92 Å². The number of aliphatic hydroxyl groups excluding tert-OH is 1. The van der Waals surface area contributed by atoms with Crippen molar-refractivity contribution < 1.29 is 29.3 Å². The SMILES string of the molecule is O=C(N[C@H]1CCCC[C@H]1C(=O)NC(CCO)C(=O)O)OCC1c2ccccc2-c2ccccc21. The van der Waals surface area contributed by atoms with Crippen molar-refractivity contribution in [1.82, 2.24) is 10.6 Å². The van der Waals surface area contributed by atoms with Crippen LogP contribution in [0.4, 0.5) is 4.79 Å². The number of nitrogens with one attached hydrogen (secondary N) is 2. The van der Waals surface area contributed by atoms with E-state index in [1.807, 2.05) is 36.4 Å². The van der Waals surface area contributed by atoms with E-state index in [1.165, 1.54) is 0 Å². The first-order chi connectivity index (χ1) is 16.5. The minimum absolute atomic E-state index is 0.0570. The molecule has 8 heteroatoms. The van der Waals surface area contributed by atoms with Crippen LogP contribution in [-0.2, 0) is 14.3 Å². The molecule has 4 N–H and O–H groups in total. The van der Waals surface area contributed by atoms with Gasteiger partial charge in [0.15, 0.2) is 0 Å². The molecule has 2 aliphatic rings. The van der Waals surface area contributed by atoms with Gasteiger partial charge in [-0.2, -0.15) is 0 Å². The van der Waals surface area contributed by atoms with Gasteiger partial charge in [-0.05, 0) is 35.1 Å². The average Bonchev–Trinajstić information content (AvgIpc) is 3.16. The highest BCUT2D eigenvalue weighted by Crippen LogP contribution is 2.44. The zero-order chi connectivity index (χ0) is 24.1. The van der Waals surface area contributed by atoms with Crippen molar-refractivity contribution >= 4 is 18.0 Å². The Bertz CT molecular complexity index is 1010. The van der Waals surface area contributed by atoms with Crippen molar-refractivity contribution in [2.24, 2.45) is 5.92 Å². The summed E-state index contributed by atoms with van der Waals surface area (Å²) >= 11 is 0. The molecule has 0 heterocycles. The van der Waals surface area contributed by atoms with Crippen molar-refractivity contribution in [3.05, 3.63) is 59.7 Å². The van der Waals surface area contributed by atoms with Crippen molar-refractivity contribution in [3.8, 4) is 11.1 Å². The highest BCUT2D eigenvalue weighted by Gasteiger charge is 2.35. The molecule has 8 nitrogen and oxygen atoms in total. The Labute approximate surface area is 198 Å². The predicted octanol–water partition coefficient (Wildman–Crippen LogP) is 3.04. The van der Waals surface area contributed by atoms with E-state index in [0.717, 1.165) is 35.1 Å². The number of aliphatic carboxylic acids is 1. The summed E-state index contributed by atoms with van der Waals surface area (Å²) in [5, 5.41) is 23.7. The first-order valence-electron chi connectivity index (χ1n) is 11.7. The summed E-state index contributed by atoms with van der Waals surface area (Å²) in [5.41, 5.74) is 4.53. The van der Waals surface area contributed by atoms with Crippen LogP contribution in [0.5, 0.6) is 0 Å². The zero-order valence-corrected chi connectivity index (χ0v) is 18.9. The number of ether oxygens (including phenoxy) is 1. The molecule has 2 aliphatic carbocycles. The maximum atomic E-state index is 12.8. The van der Waals surface area contributed by atoms with E-state index in [4.69, 9.17) is 9.84 Å². The molecule has 3 atom stereocenters. The third kappa shape index (κ3) is 5.07. The molecule has 2 amide bonds. The monoisotopic (exact) mass is 466 g/mol. The molecule has 2 aromatic carbocycles. The van der Waals surface area contributed by atoms with Crippen LogP contribution >= 0.6 is 0 Å². The molecule has 1 unspecified atom stereocenters. The predicted molar refractivity (Wildman–Crippen MR) is 125 cm³/mol. The van der Waals surface area contributed by atoms with E-state index in [2.05, 4.69) is 22.8 Å². The third-order valence-electron chi connectivity index (χ3n) is 6.78. The molecule has 0 radical (unpaired) electrons. The summed E-state index contributed by atoms with van der Waals surface area (Å²) in [7, 11) is 0. The lowest BCUT2D eigenvalue weighted by Gasteiger charge is -2.31. The quantitative estimate of drug-likeness (QED) is 0.474. The molecule has 0 saturated heterocycles. The van der Waals surface area contributed by atoms with Crippen molar-refractivity contribution in [3.63, 3.8) is 0 Å². The molecule has 1 fully saturated rings. The summed E-state index contributed by atoms with van der Waals surface area (Å²) in [6.45, 7) is -0.162. The fourth-order valence-corrected chi connectivity index (χ4v) is 5.07. The number of aliphatic hydroxyl groups is 1. The van der Waals surface area contributed by atoms with E-state index >= 15 is 0 Å². The number of carboxylic acid groups (broad SMARTS) is 1. The van der Waals surface area contributed by atoms with Gasteiger partial charge in [0.1, 0.15) is 12.6 Å². The van der Waals surface area contributed by atoms with Gasteiger partial charge in [-0.25, -0.2) is 9.59 Å². The second kappa shape index (κ2) is 10.7. The van der Waals surface area contributed by atoms with Gasteiger partial charge in [-0.15, -0.1) is 0 Å². The Balaban J connectivity index is 1.38. The number of amides is 2. The highest BCUT2D eigenvalue weighted by atomic mass is 16.5. The lowest BCUT2D eigenvalue weighted by atomic mass is 9.83. The first kappa shape index (κ1) is 23.8. The molecule has 4 rings (SSSR count). The van der Waals surface area contributed by atoms with Gasteiger partial charge in [-0.3, -0.25) is 4.79 Å². The van der Waals surface area contributed by atoms with Crippen molar-refractivity contribution in [2.45, 2.75) is 50.1 Å². The second-order valence-electron chi connectivity index (χ2n) is 8.88. The van der Waals surface area contributed by atoms with Gasteiger partial charge in [-0.1, -0.05) is 61.4 Å². The molecular formula is C26H30N2O6. The van der Waals surface area contributed by atoms with Crippen LogP contribution in [0.2, 0.25) is 0 Å². The number of alkyl carbamates (subject to hydrolysis) is 1. The van der Waals surface area contributed by atoms with Crippen LogP contribution in [0.1, 0.15) is 49.1 Å². The van der Waals surface area contributed by atoms with E-state index in [9.17, 15) is 19.5 Å². The maximum absolute atomic E-state index is 12.8. The Morgan fingerprint density at radius 2 is 1.59 bits per heavy atom. The fraction of sp³-hybridized carbons (Fsp3) is 0.423. The summed E-state index contributed by atoms with van der Waals surface area (Å²) in [6.07, 6.45) is 2.18. The van der Waals surface area contributed by atoms with Gasteiger partial charge in [0, 0.05) is 25.0 Å². The van der Waals surface area contributed by atoms with Gasteiger partial charge in [0.25, 0.3) is 0 Å². The minimum Gasteiger partial charge on any atom is -0.480 e. The second-order valence-corrected chi connectivity index (χ2v) is 8.88. The van der Waals surface area contributed by atoms with E-state index < -0.39 is 36.0 Å². The minimum atomic E-state index is -1.20. The number of carbonyl (C=O) groups excluding carboxylic acids is 2. The highest BCUT2D eigenvalue weighted by molar-refractivity contribution is 5.86. The Hall–Kier alpha value is -3.39. The summed E-state index contributed by atoms with van der Waals surface area (Å²) in [6, 6.07) is 14.6. The maximum Gasteiger partial charge on any atom is 0.407 e. The lowest BCUT2D eigenvalue weighted by Crippen LogP contribution is -2.52. The number of hydrogen-bond acceptors (Lipinski definition) is 5. The molecule has 180 valence electrons. The van der Waals surface area contributed by atoms with Crippen LogP contribution in [0.3, 0.4) is 0 Å². The summed E-state index contributed by atoms with van der Waals surface area (Å²) < 4.78 is 5.62. The smallest absolute Gasteiger partial charge is 0.407 e. The van der Waals surface area contributed by atoms with Gasteiger partial charge < -0.3 is 25.6 Å². The molecule has 0 bridgehead atoms. The van der Waals surface area contributed by atoms with Crippen LogP contribution in [-0.4, -0.2) is 53.5 Å². The number of benzene rings is 2.